The number of hydrogen-bond donors (Lipinski definition) is 2. The van der Waals surface area contributed by atoms with Crippen LogP contribution in [0, 0.1) is 5.92 Å². The van der Waals surface area contributed by atoms with Crippen LogP contribution in [0.15, 0.2) is 29.0 Å². The molecule has 0 spiro atoms. The number of fused-ring (bicyclic) bond motifs is 1. The van der Waals surface area contributed by atoms with E-state index in [0.717, 1.165) is 11.0 Å². The van der Waals surface area contributed by atoms with Crippen molar-refractivity contribution in [1.29, 1.82) is 0 Å². The number of pyridine rings is 1. The van der Waals surface area contributed by atoms with E-state index >= 15 is 0 Å². The zero-order chi connectivity index (χ0) is 13.1. The van der Waals surface area contributed by atoms with Crippen LogP contribution in [0.2, 0.25) is 0 Å². The van der Waals surface area contributed by atoms with E-state index in [1.165, 1.54) is 0 Å². The van der Waals surface area contributed by atoms with Crippen molar-refractivity contribution in [2.75, 3.05) is 5.32 Å². The van der Waals surface area contributed by atoms with Crippen molar-refractivity contribution in [2.24, 2.45) is 5.92 Å². The molecule has 0 amide bonds. The normalized spacial score (nSPS) is 12.8. The first-order valence-corrected chi connectivity index (χ1v) is 5.88. The Labute approximate surface area is 105 Å². The largest absolute Gasteiger partial charge is 0.481 e. The first-order chi connectivity index (χ1) is 8.58. The lowest BCUT2D eigenvalue weighted by atomic mass is 10.0. The third-order valence-electron chi connectivity index (χ3n) is 2.90. The van der Waals surface area contributed by atoms with Gasteiger partial charge in [0.1, 0.15) is 11.4 Å². The molecular weight excluding hydrogens is 232 g/mol. The van der Waals surface area contributed by atoms with Crippen LogP contribution in [0.3, 0.4) is 0 Å². The van der Waals surface area contributed by atoms with E-state index in [1.807, 2.05) is 19.9 Å². The molecule has 0 saturated heterocycles. The molecule has 0 bridgehead atoms. The molecule has 2 aromatic rings. The highest BCUT2D eigenvalue weighted by Crippen LogP contribution is 2.24. The highest BCUT2D eigenvalue weighted by molar-refractivity contribution is 5.88. The summed E-state index contributed by atoms with van der Waals surface area (Å²) < 4.78 is 5.29. The Morgan fingerprint density at radius 1 is 1.50 bits per heavy atom. The minimum atomic E-state index is -0.819. The molecule has 5 heteroatoms. The summed E-state index contributed by atoms with van der Waals surface area (Å²) in [5.41, 5.74) is 0.741. The van der Waals surface area contributed by atoms with E-state index in [9.17, 15) is 4.79 Å². The number of aliphatic carboxylic acids is 1. The first kappa shape index (κ1) is 12.4. The number of anilines is 1. The number of nitrogens with one attached hydrogen (secondary N) is 1. The summed E-state index contributed by atoms with van der Waals surface area (Å²) in [6, 6.07) is 3.45. The summed E-state index contributed by atoms with van der Waals surface area (Å²) in [4.78, 5) is 15.1. The predicted octanol–water partition coefficient (Wildman–Crippen LogP) is 2.74. The number of carbonyl (C=O) groups is 1. The van der Waals surface area contributed by atoms with Crippen molar-refractivity contribution < 1.29 is 14.3 Å². The number of furan rings is 1. The SMILES string of the molecule is CC(C)C(CC(=O)O)Nc1nccc2occc12. The van der Waals surface area contributed by atoms with Gasteiger partial charge in [0.25, 0.3) is 0 Å². The van der Waals surface area contributed by atoms with E-state index in [4.69, 9.17) is 9.52 Å². The molecule has 2 N–H and O–H groups in total. The molecule has 5 nitrogen and oxygen atoms in total. The minimum absolute atomic E-state index is 0.0631. The summed E-state index contributed by atoms with van der Waals surface area (Å²) in [6.07, 6.45) is 3.30. The molecule has 1 unspecified atom stereocenters. The molecule has 2 heterocycles. The molecule has 0 radical (unpaired) electrons. The van der Waals surface area contributed by atoms with Crippen LogP contribution in [0.4, 0.5) is 5.82 Å². The third kappa shape index (κ3) is 2.61. The average molecular weight is 248 g/mol. The highest BCUT2D eigenvalue weighted by Gasteiger charge is 2.18. The van der Waals surface area contributed by atoms with Crippen molar-refractivity contribution in [3.8, 4) is 0 Å². The van der Waals surface area contributed by atoms with E-state index in [0.29, 0.717) is 5.82 Å². The molecular formula is C13H16N2O3. The lowest BCUT2D eigenvalue weighted by Gasteiger charge is -2.21. The molecule has 0 aliphatic heterocycles. The second-order valence-corrected chi connectivity index (χ2v) is 4.58. The second-order valence-electron chi connectivity index (χ2n) is 4.58. The van der Waals surface area contributed by atoms with Crippen LogP contribution in [-0.2, 0) is 4.79 Å². The fraction of sp³-hybridized carbons (Fsp3) is 0.385. The van der Waals surface area contributed by atoms with Gasteiger partial charge in [-0.1, -0.05) is 13.8 Å². The van der Waals surface area contributed by atoms with Gasteiger partial charge in [0, 0.05) is 12.2 Å². The molecule has 0 aliphatic carbocycles. The van der Waals surface area contributed by atoms with Crippen LogP contribution >= 0.6 is 0 Å². The van der Waals surface area contributed by atoms with Gasteiger partial charge in [-0.2, -0.15) is 0 Å². The fourth-order valence-electron chi connectivity index (χ4n) is 1.83. The zero-order valence-electron chi connectivity index (χ0n) is 10.4. The maximum absolute atomic E-state index is 10.8. The number of hydrogen-bond acceptors (Lipinski definition) is 4. The predicted molar refractivity (Wildman–Crippen MR) is 68.5 cm³/mol. The molecule has 18 heavy (non-hydrogen) atoms. The molecule has 0 aromatic carbocycles. The van der Waals surface area contributed by atoms with Gasteiger partial charge in [-0.05, 0) is 18.1 Å². The van der Waals surface area contributed by atoms with Gasteiger partial charge < -0.3 is 14.8 Å². The Morgan fingerprint density at radius 3 is 2.94 bits per heavy atom. The van der Waals surface area contributed by atoms with Gasteiger partial charge in [-0.25, -0.2) is 4.98 Å². The topological polar surface area (TPSA) is 75.4 Å². The van der Waals surface area contributed by atoms with Crippen LogP contribution < -0.4 is 5.32 Å². The van der Waals surface area contributed by atoms with Crippen molar-refractivity contribution in [2.45, 2.75) is 26.3 Å². The van der Waals surface area contributed by atoms with E-state index in [1.54, 1.807) is 18.5 Å². The Bertz CT molecular complexity index is 548. The molecule has 1 atom stereocenters. The summed E-state index contributed by atoms with van der Waals surface area (Å²) in [5.74, 6) is 0.0480. The standard InChI is InChI=1S/C13H16N2O3/c1-8(2)10(7-12(16)17)15-13-9-4-6-18-11(9)3-5-14-13/h3-6,8,10H,7H2,1-2H3,(H,14,15)(H,16,17). The Morgan fingerprint density at radius 2 is 2.28 bits per heavy atom. The maximum atomic E-state index is 10.8. The first-order valence-electron chi connectivity index (χ1n) is 5.88. The molecule has 2 aromatic heterocycles. The van der Waals surface area contributed by atoms with Gasteiger partial charge >= 0.3 is 5.97 Å². The van der Waals surface area contributed by atoms with Crippen LogP contribution in [0.5, 0.6) is 0 Å². The van der Waals surface area contributed by atoms with Crippen LogP contribution in [-0.4, -0.2) is 22.1 Å². The number of rotatable bonds is 5. The Hall–Kier alpha value is -2.04. The third-order valence-corrected chi connectivity index (χ3v) is 2.90. The summed E-state index contributed by atoms with van der Waals surface area (Å²) in [5, 5.41) is 13.0. The zero-order valence-corrected chi connectivity index (χ0v) is 10.4. The lowest BCUT2D eigenvalue weighted by Crippen LogP contribution is -2.29. The van der Waals surface area contributed by atoms with Gasteiger partial charge in [0.05, 0.1) is 18.1 Å². The Balaban J connectivity index is 2.25. The van der Waals surface area contributed by atoms with Gasteiger partial charge in [-0.15, -0.1) is 0 Å². The number of carboxylic acids is 1. The number of aromatic nitrogens is 1. The van der Waals surface area contributed by atoms with Crippen molar-refractivity contribution >= 4 is 22.8 Å². The molecule has 0 saturated carbocycles. The van der Waals surface area contributed by atoms with Gasteiger partial charge in [-0.3, -0.25) is 4.79 Å². The van der Waals surface area contributed by atoms with Crippen molar-refractivity contribution in [3.05, 3.63) is 24.6 Å². The molecule has 0 aliphatic rings. The van der Waals surface area contributed by atoms with Crippen molar-refractivity contribution in [1.82, 2.24) is 4.98 Å². The Kier molecular flexibility index (Phi) is 3.50. The highest BCUT2D eigenvalue weighted by atomic mass is 16.4. The van der Waals surface area contributed by atoms with E-state index < -0.39 is 5.97 Å². The van der Waals surface area contributed by atoms with E-state index in [2.05, 4.69) is 10.3 Å². The van der Waals surface area contributed by atoms with Crippen LogP contribution in [0.25, 0.3) is 11.0 Å². The molecule has 2 rings (SSSR count). The van der Waals surface area contributed by atoms with Crippen LogP contribution in [0.1, 0.15) is 20.3 Å². The van der Waals surface area contributed by atoms with E-state index in [-0.39, 0.29) is 18.4 Å². The number of nitrogens with zero attached hydrogens (tertiary/aromatic N) is 1. The summed E-state index contributed by atoms with van der Waals surface area (Å²) >= 11 is 0. The second kappa shape index (κ2) is 5.08. The lowest BCUT2D eigenvalue weighted by molar-refractivity contribution is -0.137. The monoisotopic (exact) mass is 248 g/mol. The number of carboxylic acid groups (broad SMARTS) is 1. The van der Waals surface area contributed by atoms with Gasteiger partial charge in [0.15, 0.2) is 0 Å². The molecule has 96 valence electrons. The van der Waals surface area contributed by atoms with Crippen molar-refractivity contribution in [3.63, 3.8) is 0 Å². The maximum Gasteiger partial charge on any atom is 0.305 e. The average Bonchev–Trinajstić information content (AvgIpc) is 2.76. The van der Waals surface area contributed by atoms with Gasteiger partial charge in [0.2, 0.25) is 0 Å². The minimum Gasteiger partial charge on any atom is -0.481 e. The quantitative estimate of drug-likeness (QED) is 0.850. The smallest absolute Gasteiger partial charge is 0.305 e. The summed E-state index contributed by atoms with van der Waals surface area (Å²) in [7, 11) is 0. The molecule has 0 fully saturated rings. The summed E-state index contributed by atoms with van der Waals surface area (Å²) in [6.45, 7) is 3.96. The fourth-order valence-corrected chi connectivity index (χ4v) is 1.83.